The van der Waals surface area contributed by atoms with E-state index in [0.29, 0.717) is 21.7 Å². The third kappa shape index (κ3) is 15.7. The van der Waals surface area contributed by atoms with E-state index >= 15 is 0 Å². The third-order valence-corrected chi connectivity index (χ3v) is 25.6. The van der Waals surface area contributed by atoms with Gasteiger partial charge in [-0.15, -0.1) is 11.8 Å². The molecule has 0 saturated carbocycles. The van der Waals surface area contributed by atoms with Crippen molar-refractivity contribution in [2.45, 2.75) is 404 Å². The normalized spacial score (nSPS) is 13.8. The van der Waals surface area contributed by atoms with Gasteiger partial charge in [0.05, 0.1) is 0 Å². The molecule has 0 unspecified atom stereocenters. The summed E-state index contributed by atoms with van der Waals surface area (Å²) >= 11 is 2.68. The first-order valence-corrected chi connectivity index (χ1v) is 33.8. The van der Waals surface area contributed by atoms with Gasteiger partial charge in [-0.25, -0.2) is 0 Å². The number of hydrogen-bond acceptors (Lipinski definition) is 1. The quantitative estimate of drug-likeness (QED) is 0.0548. The molecule has 69 heavy (non-hydrogen) atoms. The van der Waals surface area contributed by atoms with Crippen molar-refractivity contribution in [3.05, 3.63) is 0 Å². The fourth-order valence-electron chi connectivity index (χ4n) is 18.7. The summed E-state index contributed by atoms with van der Waals surface area (Å²) in [6.07, 6.45) is 58.5. The number of unbranched alkanes of at least 4 members (excludes halogenated alkanes) is 22. The van der Waals surface area contributed by atoms with E-state index in [9.17, 15) is 0 Å². The van der Waals surface area contributed by atoms with Crippen molar-refractivity contribution in [3.8, 4) is 0 Å². The largest absolute Gasteiger partial charge is 0.147 e. The van der Waals surface area contributed by atoms with Crippen LogP contribution in [0.4, 0.5) is 0 Å². The maximum absolute atomic E-state index is 2.69. The lowest BCUT2D eigenvalue weighted by Crippen LogP contribution is -2.66. The van der Waals surface area contributed by atoms with Crippen LogP contribution in [-0.4, -0.2) is 9.49 Å². The zero-order chi connectivity index (χ0) is 52.4. The molecule has 416 valence electrons. The van der Waals surface area contributed by atoms with Crippen LogP contribution < -0.4 is 0 Å². The van der Waals surface area contributed by atoms with Crippen molar-refractivity contribution in [3.63, 3.8) is 0 Å². The van der Waals surface area contributed by atoms with Gasteiger partial charge < -0.3 is 0 Å². The second-order valence-corrected chi connectivity index (χ2v) is 25.7. The lowest BCUT2D eigenvalue weighted by atomic mass is 9.40. The van der Waals surface area contributed by atoms with Gasteiger partial charge in [0.25, 0.3) is 0 Å². The van der Waals surface area contributed by atoms with E-state index < -0.39 is 0 Å². The predicted octanol–water partition coefficient (Wildman–Crippen LogP) is 25.9. The molecule has 0 aromatic heterocycles. The second-order valence-electron chi connectivity index (χ2n) is 23.9. The van der Waals surface area contributed by atoms with Crippen LogP contribution in [0.2, 0.25) is 0 Å². The Kier molecular flexibility index (Phi) is 37.3. The smallest absolute Gasteiger partial charge is 0.0222 e. The summed E-state index contributed by atoms with van der Waals surface area (Å²) in [5, 5.41) is 0. The van der Waals surface area contributed by atoms with Crippen LogP contribution in [0.15, 0.2) is 0 Å². The van der Waals surface area contributed by atoms with Gasteiger partial charge in [0.1, 0.15) is 0 Å². The lowest BCUT2D eigenvalue weighted by Gasteiger charge is -2.71. The molecule has 0 fully saturated rings. The molecule has 0 atom stereocenters. The van der Waals surface area contributed by atoms with Crippen molar-refractivity contribution in [2.24, 2.45) is 32.5 Å². The maximum Gasteiger partial charge on any atom is 0.0222 e. The highest BCUT2D eigenvalue weighted by Gasteiger charge is 2.69. The van der Waals surface area contributed by atoms with Gasteiger partial charge in [-0.3, -0.25) is 0 Å². The standard InChI is InChI=1S/C68H138S/c1-19-37-39-41-43-45-47-49-51-53-55-57-59-61(21-3,22-4)63(25-7,26-8)65(29-11,30-12)67(33-15,34-16)69-68(35-17,36-18)66(31-13,32-14)64(27-9,28-10)62(23-5,24-6)60-58-56-54-52-50-48-46-44-42-40-38-20-2/h19-60H2,1-18H3. The Bertz CT molecular complexity index is 1050. The highest BCUT2D eigenvalue weighted by Crippen LogP contribution is 2.77. The molecule has 0 amide bonds. The minimum absolute atomic E-state index is 0.208. The second kappa shape index (κ2) is 37.2. The van der Waals surface area contributed by atoms with Crippen LogP contribution in [0.5, 0.6) is 0 Å². The minimum atomic E-state index is 0.208. The molecule has 0 radical (unpaired) electrons. The van der Waals surface area contributed by atoms with E-state index in [2.05, 4.69) is 136 Å². The molecule has 0 aliphatic carbocycles. The highest BCUT2D eigenvalue weighted by molar-refractivity contribution is 8.02. The van der Waals surface area contributed by atoms with Crippen LogP contribution in [0.25, 0.3) is 0 Å². The molecule has 0 aromatic rings. The van der Waals surface area contributed by atoms with Crippen LogP contribution in [-0.2, 0) is 0 Å². The molecule has 0 aliphatic heterocycles. The van der Waals surface area contributed by atoms with Crippen LogP contribution in [0.1, 0.15) is 394 Å². The molecule has 0 saturated heterocycles. The number of thioether (sulfide) groups is 1. The van der Waals surface area contributed by atoms with Crippen molar-refractivity contribution in [2.75, 3.05) is 0 Å². The average molecular weight is 988 g/mol. The van der Waals surface area contributed by atoms with Gasteiger partial charge in [-0.1, -0.05) is 279 Å². The first-order valence-electron chi connectivity index (χ1n) is 33.0. The summed E-state index contributed by atoms with van der Waals surface area (Å²) in [6.45, 7) is 47.4. The Morgan fingerprint density at radius 2 is 0.377 bits per heavy atom. The van der Waals surface area contributed by atoms with Crippen molar-refractivity contribution in [1.82, 2.24) is 0 Å². The van der Waals surface area contributed by atoms with E-state index in [-0.39, 0.29) is 20.3 Å². The Morgan fingerprint density at radius 1 is 0.188 bits per heavy atom. The molecule has 0 bridgehead atoms. The summed E-state index contributed by atoms with van der Waals surface area (Å²) in [5.74, 6) is 0. The van der Waals surface area contributed by atoms with E-state index in [4.69, 9.17) is 0 Å². The van der Waals surface area contributed by atoms with Gasteiger partial charge in [0.2, 0.25) is 0 Å². The molecule has 0 N–H and O–H groups in total. The van der Waals surface area contributed by atoms with Gasteiger partial charge in [-0.05, 0) is 148 Å². The van der Waals surface area contributed by atoms with E-state index in [0.717, 1.165) is 0 Å². The molecule has 0 aliphatic rings. The number of hydrogen-bond donors (Lipinski definition) is 0. The van der Waals surface area contributed by atoms with Crippen LogP contribution in [0, 0.1) is 32.5 Å². The first kappa shape index (κ1) is 69.3. The van der Waals surface area contributed by atoms with E-state index in [1.807, 2.05) is 0 Å². The zero-order valence-corrected chi connectivity index (χ0v) is 52.9. The Hall–Kier alpha value is 0.350. The Balaban J connectivity index is 7.31. The minimum Gasteiger partial charge on any atom is -0.147 e. The monoisotopic (exact) mass is 987 g/mol. The summed E-state index contributed by atoms with van der Waals surface area (Å²) in [5.41, 5.74) is 1.86. The molecule has 0 aromatic carbocycles. The fourth-order valence-corrected chi connectivity index (χ4v) is 21.4. The predicted molar refractivity (Wildman–Crippen MR) is 324 cm³/mol. The number of rotatable bonds is 50. The topological polar surface area (TPSA) is 0 Å². The Morgan fingerprint density at radius 3 is 0.536 bits per heavy atom. The van der Waals surface area contributed by atoms with E-state index in [1.54, 1.807) is 0 Å². The summed E-state index contributed by atoms with van der Waals surface area (Å²) in [7, 11) is 0. The van der Waals surface area contributed by atoms with Gasteiger partial charge >= 0.3 is 0 Å². The zero-order valence-electron chi connectivity index (χ0n) is 52.1. The highest BCUT2D eigenvalue weighted by atomic mass is 32.2. The van der Waals surface area contributed by atoms with Gasteiger partial charge in [0.15, 0.2) is 0 Å². The van der Waals surface area contributed by atoms with Crippen molar-refractivity contribution < 1.29 is 0 Å². The van der Waals surface area contributed by atoms with E-state index in [1.165, 1.54) is 270 Å². The molecule has 0 rings (SSSR count). The fraction of sp³-hybridized carbons (Fsp3) is 1.00. The molecule has 1 heteroatoms. The summed E-state index contributed by atoms with van der Waals surface area (Å²) in [6, 6.07) is 0. The maximum atomic E-state index is 2.69. The lowest BCUT2D eigenvalue weighted by molar-refractivity contribution is -0.144. The van der Waals surface area contributed by atoms with Crippen LogP contribution >= 0.6 is 11.8 Å². The molecule has 0 nitrogen and oxygen atoms in total. The van der Waals surface area contributed by atoms with Crippen LogP contribution in [0.3, 0.4) is 0 Å². The molecular weight excluding hydrogens is 849 g/mol. The van der Waals surface area contributed by atoms with Gasteiger partial charge in [0, 0.05) is 9.49 Å². The van der Waals surface area contributed by atoms with Gasteiger partial charge in [-0.2, -0.15) is 0 Å². The average Bonchev–Trinajstić information content (AvgIpc) is 3.39. The molecule has 0 heterocycles. The summed E-state index contributed by atoms with van der Waals surface area (Å²) in [4.78, 5) is 0. The molecular formula is C68H138S. The third-order valence-electron chi connectivity index (χ3n) is 22.8. The van der Waals surface area contributed by atoms with Crippen molar-refractivity contribution >= 4 is 11.8 Å². The Labute approximate surface area is 445 Å². The first-order chi connectivity index (χ1) is 33.3. The van der Waals surface area contributed by atoms with Crippen molar-refractivity contribution in [1.29, 1.82) is 0 Å². The summed E-state index contributed by atoms with van der Waals surface area (Å²) < 4.78 is 0.417. The molecule has 0 spiro atoms. The SMILES string of the molecule is CCCCCCCCCCCCCCC(CC)(CC)C(CC)(CC)C(CC)(CC)C(CC)(CC)SC(CC)(CC)C(CC)(CC)C(CC)(CC)C(CC)(CC)CCCCCCCCCCCCCC.